The average molecular weight is 502 g/mol. The van der Waals surface area contributed by atoms with Gasteiger partial charge in [0.15, 0.2) is 11.4 Å². The third-order valence-corrected chi connectivity index (χ3v) is 6.90. The Bertz CT molecular complexity index is 1220. The Morgan fingerprint density at radius 1 is 1.11 bits per heavy atom. The number of thiazole rings is 1. The maximum absolute atomic E-state index is 12.9. The van der Waals surface area contributed by atoms with Crippen LogP contribution in [0.2, 0.25) is 0 Å². The summed E-state index contributed by atoms with van der Waals surface area (Å²) >= 11 is 1.51. The summed E-state index contributed by atoms with van der Waals surface area (Å²) in [7, 11) is 0. The number of halogens is 3. The number of aromatic nitrogens is 1. The van der Waals surface area contributed by atoms with E-state index in [4.69, 9.17) is 9.72 Å². The first-order chi connectivity index (χ1) is 16.3. The summed E-state index contributed by atoms with van der Waals surface area (Å²) in [5.74, 6) is 0.830. The number of ether oxygens (including phenoxy) is 1. The number of nitrogens with zero attached hydrogens (tertiary/aromatic N) is 1. The normalized spacial score (nSPS) is 12.5. The van der Waals surface area contributed by atoms with E-state index in [0.29, 0.717) is 17.7 Å². The fourth-order valence-electron chi connectivity index (χ4n) is 3.43. The molecular weight excluding hydrogens is 471 g/mol. The summed E-state index contributed by atoms with van der Waals surface area (Å²) in [5, 5.41) is 0.719. The van der Waals surface area contributed by atoms with Gasteiger partial charge in [0.2, 0.25) is 0 Å². The van der Waals surface area contributed by atoms with Crippen LogP contribution < -0.4 is 4.74 Å². The number of allylic oxidation sites excluding steroid dienone is 1. The number of ketones is 1. The summed E-state index contributed by atoms with van der Waals surface area (Å²) < 4.78 is 44.6. The Labute approximate surface area is 208 Å². The van der Waals surface area contributed by atoms with E-state index in [0.717, 1.165) is 38.8 Å². The number of benzene rings is 2. The lowest BCUT2D eigenvalue weighted by molar-refractivity contribution is -0.137. The smallest absolute Gasteiger partial charge is 0.416 e. The average Bonchev–Trinajstić information content (AvgIpc) is 3.19. The molecule has 2 aromatic carbocycles. The Hall–Kier alpha value is -2.93. The van der Waals surface area contributed by atoms with Crippen LogP contribution in [0.5, 0.6) is 5.75 Å². The highest BCUT2D eigenvalue weighted by Crippen LogP contribution is 2.35. The molecular formula is C28H30F3NO2S. The highest BCUT2D eigenvalue weighted by Gasteiger charge is 2.30. The van der Waals surface area contributed by atoms with E-state index in [1.165, 1.54) is 30.4 Å². The number of rotatable bonds is 8. The summed E-state index contributed by atoms with van der Waals surface area (Å²) in [5.41, 5.74) is 2.04. The third kappa shape index (κ3) is 6.60. The molecule has 1 aromatic heterocycles. The van der Waals surface area contributed by atoms with Crippen LogP contribution in [-0.2, 0) is 17.4 Å². The molecule has 0 aliphatic rings. The topological polar surface area (TPSA) is 39.2 Å². The van der Waals surface area contributed by atoms with Crippen LogP contribution in [-0.4, -0.2) is 16.4 Å². The largest absolute Gasteiger partial charge is 0.480 e. The second kappa shape index (κ2) is 10.4. The number of hydrogen-bond acceptors (Lipinski definition) is 4. The van der Waals surface area contributed by atoms with Crippen LogP contribution in [0.15, 0.2) is 48.5 Å². The van der Waals surface area contributed by atoms with Gasteiger partial charge in [0.25, 0.3) is 0 Å². The Kier molecular flexibility index (Phi) is 7.90. The molecule has 186 valence electrons. The maximum atomic E-state index is 12.9. The van der Waals surface area contributed by atoms with Gasteiger partial charge in [0, 0.05) is 16.9 Å². The molecule has 0 saturated carbocycles. The molecule has 0 saturated heterocycles. The molecule has 1 heterocycles. The van der Waals surface area contributed by atoms with Crippen molar-refractivity contribution >= 4 is 23.2 Å². The summed E-state index contributed by atoms with van der Waals surface area (Å²) in [6.45, 7) is 11.1. The predicted molar refractivity (Wildman–Crippen MR) is 136 cm³/mol. The van der Waals surface area contributed by atoms with E-state index in [1.54, 1.807) is 13.8 Å². The van der Waals surface area contributed by atoms with Gasteiger partial charge in [-0.1, -0.05) is 44.2 Å². The monoisotopic (exact) mass is 501 g/mol. The molecule has 0 amide bonds. The molecule has 0 atom stereocenters. The highest BCUT2D eigenvalue weighted by molar-refractivity contribution is 7.15. The van der Waals surface area contributed by atoms with Crippen molar-refractivity contribution < 1.29 is 22.7 Å². The molecule has 0 aliphatic heterocycles. The standard InChI is InChI=1S/C28H30F3NO2S/c1-17(2)25-24(35-26(32-25)21-11-13-22(14-12-21)28(29,30)31)9-7-8-20-10-15-23(18(3)16-20)34-27(5,6)19(4)33/h7-8,10-17H,9H2,1-6H3/b8-7+. The minimum atomic E-state index is -4.35. The predicted octanol–water partition coefficient (Wildman–Crippen LogP) is 8.26. The summed E-state index contributed by atoms with van der Waals surface area (Å²) in [4.78, 5) is 17.6. The van der Waals surface area contributed by atoms with Gasteiger partial charge < -0.3 is 4.74 Å². The van der Waals surface area contributed by atoms with Crippen molar-refractivity contribution in [2.75, 3.05) is 0 Å². The SMILES string of the molecule is CC(=O)C(C)(C)Oc1ccc(/C=C/Cc2sc(-c3ccc(C(F)(F)F)cc3)nc2C(C)C)cc1C. The molecule has 0 N–H and O–H groups in total. The Balaban J connectivity index is 1.77. The first kappa shape index (κ1) is 26.7. The van der Waals surface area contributed by atoms with Crippen LogP contribution in [0, 0.1) is 6.92 Å². The molecule has 3 aromatic rings. The van der Waals surface area contributed by atoms with E-state index in [1.807, 2.05) is 31.2 Å². The van der Waals surface area contributed by atoms with Gasteiger partial charge in [0.05, 0.1) is 11.3 Å². The van der Waals surface area contributed by atoms with Crippen molar-refractivity contribution in [2.24, 2.45) is 0 Å². The first-order valence-corrected chi connectivity index (χ1v) is 12.2. The lowest BCUT2D eigenvalue weighted by Crippen LogP contribution is -2.36. The van der Waals surface area contributed by atoms with Crippen molar-refractivity contribution in [1.82, 2.24) is 4.98 Å². The fourth-order valence-corrected chi connectivity index (χ4v) is 4.62. The number of carbonyl (C=O) groups excluding carboxylic acids is 1. The number of alkyl halides is 3. The molecule has 0 bridgehead atoms. The molecule has 3 nitrogen and oxygen atoms in total. The Morgan fingerprint density at radius 2 is 1.77 bits per heavy atom. The molecule has 0 aliphatic carbocycles. The van der Waals surface area contributed by atoms with Crippen molar-refractivity contribution in [3.8, 4) is 16.3 Å². The number of Topliss-reactive ketones (excluding diaryl/α,β-unsaturated/α-hetero) is 1. The molecule has 35 heavy (non-hydrogen) atoms. The van der Waals surface area contributed by atoms with E-state index < -0.39 is 17.3 Å². The van der Waals surface area contributed by atoms with Gasteiger partial charge in [-0.25, -0.2) is 4.98 Å². The highest BCUT2D eigenvalue weighted by atomic mass is 32.1. The minimum Gasteiger partial charge on any atom is -0.480 e. The van der Waals surface area contributed by atoms with Crippen molar-refractivity contribution in [3.05, 3.63) is 75.8 Å². The second-order valence-corrected chi connectivity index (χ2v) is 10.4. The van der Waals surface area contributed by atoms with Gasteiger partial charge in [-0.2, -0.15) is 13.2 Å². The van der Waals surface area contributed by atoms with Crippen molar-refractivity contribution in [3.63, 3.8) is 0 Å². The molecule has 0 unspecified atom stereocenters. The van der Waals surface area contributed by atoms with Gasteiger partial charge in [-0.3, -0.25) is 4.79 Å². The van der Waals surface area contributed by atoms with E-state index >= 15 is 0 Å². The van der Waals surface area contributed by atoms with Crippen LogP contribution in [0.3, 0.4) is 0 Å². The van der Waals surface area contributed by atoms with Crippen molar-refractivity contribution in [2.45, 2.75) is 65.7 Å². The van der Waals surface area contributed by atoms with Gasteiger partial charge >= 0.3 is 6.18 Å². The molecule has 0 radical (unpaired) electrons. The second-order valence-electron chi connectivity index (χ2n) is 9.36. The summed E-state index contributed by atoms with van der Waals surface area (Å²) in [6, 6.07) is 11.0. The molecule has 7 heteroatoms. The zero-order chi connectivity index (χ0) is 26.0. The lowest BCUT2D eigenvalue weighted by atomic mass is 10.0. The minimum absolute atomic E-state index is 0.0398. The number of aryl methyl sites for hydroxylation is 1. The quantitative estimate of drug-likeness (QED) is 0.312. The number of carbonyl (C=O) groups is 1. The number of hydrogen-bond donors (Lipinski definition) is 0. The van der Waals surface area contributed by atoms with Crippen LogP contribution in [0.4, 0.5) is 13.2 Å². The fraction of sp³-hybridized carbons (Fsp3) is 0.357. The summed E-state index contributed by atoms with van der Waals surface area (Å²) in [6.07, 6.45) is 0.395. The lowest BCUT2D eigenvalue weighted by Gasteiger charge is -2.24. The zero-order valence-corrected chi connectivity index (χ0v) is 21.6. The molecule has 0 spiro atoms. The van der Waals surface area contributed by atoms with Crippen LogP contribution >= 0.6 is 11.3 Å². The van der Waals surface area contributed by atoms with E-state index in [9.17, 15) is 18.0 Å². The van der Waals surface area contributed by atoms with E-state index in [-0.39, 0.29) is 11.7 Å². The molecule has 0 fully saturated rings. The third-order valence-electron chi connectivity index (χ3n) is 5.76. The Morgan fingerprint density at radius 3 is 2.31 bits per heavy atom. The van der Waals surface area contributed by atoms with Gasteiger partial charge in [-0.15, -0.1) is 11.3 Å². The molecule has 3 rings (SSSR count). The zero-order valence-electron chi connectivity index (χ0n) is 20.8. The van der Waals surface area contributed by atoms with Crippen LogP contribution in [0.25, 0.3) is 16.6 Å². The van der Waals surface area contributed by atoms with Gasteiger partial charge in [-0.05, 0) is 69.0 Å². The van der Waals surface area contributed by atoms with E-state index in [2.05, 4.69) is 19.9 Å². The first-order valence-electron chi connectivity index (χ1n) is 11.4. The van der Waals surface area contributed by atoms with Crippen molar-refractivity contribution in [1.29, 1.82) is 0 Å². The van der Waals surface area contributed by atoms with Gasteiger partial charge in [0.1, 0.15) is 10.8 Å². The van der Waals surface area contributed by atoms with Crippen LogP contribution in [0.1, 0.15) is 67.8 Å². The maximum Gasteiger partial charge on any atom is 0.416 e.